The molecule has 16 heavy (non-hydrogen) atoms. The fraction of sp³-hybridized carbons (Fsp3) is 0.727. The maximum Gasteiger partial charge on any atom is 0.184 e. The van der Waals surface area contributed by atoms with Crippen molar-refractivity contribution in [3.05, 3.63) is 10.5 Å². The Kier molecular flexibility index (Phi) is 4.44. The molecule has 0 aromatic carbocycles. The monoisotopic (exact) mass is 259 g/mol. The molecule has 5 heteroatoms. The van der Waals surface area contributed by atoms with Crippen molar-refractivity contribution in [2.75, 3.05) is 11.9 Å². The summed E-state index contributed by atoms with van der Waals surface area (Å²) in [5.74, 6) is 0.696. The summed E-state index contributed by atoms with van der Waals surface area (Å²) in [5.41, 5.74) is 5.84. The van der Waals surface area contributed by atoms with E-state index in [9.17, 15) is 0 Å². The van der Waals surface area contributed by atoms with Crippen LogP contribution in [0.25, 0.3) is 0 Å². The molecule has 2 rings (SSSR count). The van der Waals surface area contributed by atoms with Gasteiger partial charge < -0.3 is 11.1 Å². The van der Waals surface area contributed by atoms with Crippen molar-refractivity contribution >= 4 is 28.1 Å². The van der Waals surface area contributed by atoms with Gasteiger partial charge in [-0.15, -0.1) is 11.3 Å². The van der Waals surface area contributed by atoms with Gasteiger partial charge in [0.05, 0.1) is 0 Å². The molecule has 0 aliphatic heterocycles. The molecule has 1 atom stereocenters. The standard InChI is InChI=1S/C11H18ClN3S/c12-10-7-16-11(15-10)14-9(6-13)8-4-2-1-3-5-8/h7-9H,1-6,13H2,(H,14,15). The number of nitrogens with one attached hydrogen (secondary N) is 1. The Hall–Kier alpha value is -0.320. The molecule has 1 aromatic rings. The SMILES string of the molecule is NCC(Nc1nc(Cl)cs1)C1CCCCC1. The topological polar surface area (TPSA) is 50.9 Å². The van der Waals surface area contributed by atoms with E-state index in [2.05, 4.69) is 10.3 Å². The van der Waals surface area contributed by atoms with Gasteiger partial charge in [0.15, 0.2) is 5.13 Å². The van der Waals surface area contributed by atoms with Crippen LogP contribution < -0.4 is 11.1 Å². The molecule has 1 aromatic heterocycles. The minimum absolute atomic E-state index is 0.350. The van der Waals surface area contributed by atoms with E-state index in [-0.39, 0.29) is 0 Å². The van der Waals surface area contributed by atoms with E-state index in [0.717, 1.165) is 5.13 Å². The highest BCUT2D eigenvalue weighted by atomic mass is 35.5. The van der Waals surface area contributed by atoms with E-state index in [1.807, 2.05) is 5.38 Å². The van der Waals surface area contributed by atoms with Gasteiger partial charge in [-0.05, 0) is 18.8 Å². The Morgan fingerprint density at radius 3 is 2.81 bits per heavy atom. The molecule has 0 saturated heterocycles. The average Bonchev–Trinajstić information content (AvgIpc) is 2.73. The number of halogens is 1. The number of hydrogen-bond acceptors (Lipinski definition) is 4. The first-order valence-electron chi connectivity index (χ1n) is 5.87. The molecular formula is C11H18ClN3S. The summed E-state index contributed by atoms with van der Waals surface area (Å²) < 4.78 is 0. The van der Waals surface area contributed by atoms with Crippen LogP contribution in [0.1, 0.15) is 32.1 Å². The fourth-order valence-corrected chi connectivity index (χ4v) is 3.29. The lowest BCUT2D eigenvalue weighted by atomic mass is 9.84. The lowest BCUT2D eigenvalue weighted by Gasteiger charge is -2.29. The van der Waals surface area contributed by atoms with Crippen molar-refractivity contribution in [3.63, 3.8) is 0 Å². The van der Waals surface area contributed by atoms with Crippen LogP contribution in [-0.2, 0) is 0 Å². The third-order valence-corrected chi connectivity index (χ3v) is 4.35. The first-order valence-corrected chi connectivity index (χ1v) is 7.13. The zero-order valence-electron chi connectivity index (χ0n) is 9.29. The van der Waals surface area contributed by atoms with E-state index >= 15 is 0 Å². The smallest absolute Gasteiger partial charge is 0.184 e. The third kappa shape index (κ3) is 3.09. The number of thiazole rings is 1. The number of nitrogens with two attached hydrogens (primary N) is 1. The van der Waals surface area contributed by atoms with E-state index in [1.165, 1.54) is 32.1 Å². The Morgan fingerprint density at radius 1 is 1.50 bits per heavy atom. The highest BCUT2D eigenvalue weighted by Crippen LogP contribution is 2.29. The van der Waals surface area contributed by atoms with Crippen LogP contribution in [-0.4, -0.2) is 17.6 Å². The molecule has 1 unspecified atom stereocenters. The predicted octanol–water partition coefficient (Wildman–Crippen LogP) is 3.12. The highest BCUT2D eigenvalue weighted by Gasteiger charge is 2.23. The molecule has 1 fully saturated rings. The zero-order chi connectivity index (χ0) is 11.4. The van der Waals surface area contributed by atoms with Gasteiger partial charge >= 0.3 is 0 Å². The molecule has 0 amide bonds. The molecule has 1 saturated carbocycles. The maximum atomic E-state index is 5.84. The zero-order valence-corrected chi connectivity index (χ0v) is 10.9. The number of rotatable bonds is 4. The molecule has 1 aliphatic rings. The minimum Gasteiger partial charge on any atom is -0.357 e. The molecule has 3 nitrogen and oxygen atoms in total. The lowest BCUT2D eigenvalue weighted by Crippen LogP contribution is -2.37. The predicted molar refractivity (Wildman–Crippen MR) is 70.2 cm³/mol. The van der Waals surface area contributed by atoms with Crippen LogP contribution in [0.3, 0.4) is 0 Å². The third-order valence-electron chi connectivity index (χ3n) is 3.26. The second-order valence-corrected chi connectivity index (χ2v) is 5.61. The van der Waals surface area contributed by atoms with Crippen LogP contribution in [0.4, 0.5) is 5.13 Å². The van der Waals surface area contributed by atoms with Crippen molar-refractivity contribution in [1.29, 1.82) is 0 Å². The number of aromatic nitrogens is 1. The van der Waals surface area contributed by atoms with Gasteiger partial charge in [-0.1, -0.05) is 30.9 Å². The summed E-state index contributed by atoms with van der Waals surface area (Å²) in [6.45, 7) is 0.669. The molecule has 90 valence electrons. The molecule has 3 N–H and O–H groups in total. The van der Waals surface area contributed by atoms with Crippen LogP contribution >= 0.6 is 22.9 Å². The summed E-state index contributed by atoms with van der Waals surface area (Å²) >= 11 is 7.35. The minimum atomic E-state index is 0.350. The second-order valence-electron chi connectivity index (χ2n) is 4.36. The molecule has 0 bridgehead atoms. The van der Waals surface area contributed by atoms with Crippen molar-refractivity contribution < 1.29 is 0 Å². The average molecular weight is 260 g/mol. The molecule has 0 spiro atoms. The maximum absolute atomic E-state index is 5.84. The quantitative estimate of drug-likeness (QED) is 0.874. The van der Waals surface area contributed by atoms with Gasteiger partial charge in [0.25, 0.3) is 0 Å². The van der Waals surface area contributed by atoms with E-state index in [1.54, 1.807) is 11.3 Å². The Labute approximate surface area is 105 Å². The van der Waals surface area contributed by atoms with Gasteiger partial charge in [0.2, 0.25) is 0 Å². The fourth-order valence-electron chi connectivity index (χ4n) is 2.38. The summed E-state index contributed by atoms with van der Waals surface area (Å²) in [6, 6.07) is 0.350. The van der Waals surface area contributed by atoms with E-state index in [0.29, 0.717) is 23.7 Å². The first kappa shape index (κ1) is 12.1. The summed E-state index contributed by atoms with van der Waals surface area (Å²) in [7, 11) is 0. The van der Waals surface area contributed by atoms with Crippen molar-refractivity contribution in [2.45, 2.75) is 38.1 Å². The highest BCUT2D eigenvalue weighted by molar-refractivity contribution is 7.14. The molecule has 1 heterocycles. The van der Waals surface area contributed by atoms with Crippen molar-refractivity contribution in [2.24, 2.45) is 11.7 Å². The second kappa shape index (κ2) is 5.84. The number of nitrogens with zero attached hydrogens (tertiary/aromatic N) is 1. The number of hydrogen-bond donors (Lipinski definition) is 2. The molecular weight excluding hydrogens is 242 g/mol. The van der Waals surface area contributed by atoms with Gasteiger partial charge in [0.1, 0.15) is 5.15 Å². The van der Waals surface area contributed by atoms with Gasteiger partial charge in [0, 0.05) is 18.0 Å². The normalized spacial score (nSPS) is 19.6. The van der Waals surface area contributed by atoms with E-state index < -0.39 is 0 Å². The summed E-state index contributed by atoms with van der Waals surface area (Å²) in [6.07, 6.45) is 6.61. The Morgan fingerprint density at radius 2 is 2.25 bits per heavy atom. The van der Waals surface area contributed by atoms with Crippen LogP contribution in [0, 0.1) is 5.92 Å². The number of anilines is 1. The summed E-state index contributed by atoms with van der Waals surface area (Å²) in [4.78, 5) is 4.21. The van der Waals surface area contributed by atoms with Gasteiger partial charge in [-0.25, -0.2) is 4.98 Å². The largest absolute Gasteiger partial charge is 0.357 e. The Balaban J connectivity index is 1.94. The van der Waals surface area contributed by atoms with Gasteiger partial charge in [-0.3, -0.25) is 0 Å². The van der Waals surface area contributed by atoms with E-state index in [4.69, 9.17) is 17.3 Å². The Bertz CT molecular complexity index is 323. The lowest BCUT2D eigenvalue weighted by molar-refractivity contribution is 0.320. The van der Waals surface area contributed by atoms with Crippen LogP contribution in [0.15, 0.2) is 5.38 Å². The summed E-state index contributed by atoms with van der Waals surface area (Å²) in [5, 5.41) is 6.72. The van der Waals surface area contributed by atoms with Crippen LogP contribution in [0.2, 0.25) is 5.15 Å². The van der Waals surface area contributed by atoms with Crippen molar-refractivity contribution in [1.82, 2.24) is 4.98 Å². The molecule has 0 radical (unpaired) electrons. The van der Waals surface area contributed by atoms with Gasteiger partial charge in [-0.2, -0.15) is 0 Å². The van der Waals surface area contributed by atoms with Crippen molar-refractivity contribution in [3.8, 4) is 0 Å². The molecule has 1 aliphatic carbocycles. The first-order chi connectivity index (χ1) is 7.79. The van der Waals surface area contributed by atoms with Crippen LogP contribution in [0.5, 0.6) is 0 Å².